The van der Waals surface area contributed by atoms with Crippen molar-refractivity contribution in [2.75, 3.05) is 0 Å². The molecule has 0 spiro atoms. The molecule has 0 aliphatic carbocycles. The number of hydrogen-bond acceptors (Lipinski definition) is 3. The van der Waals surface area contributed by atoms with E-state index in [0.29, 0.717) is 0 Å². The number of primary amides is 1. The molecule has 2 N–H and O–H groups in total. The molecule has 0 atom stereocenters. The number of carbonyl (C=O) groups excluding carboxylic acids is 1. The molecule has 2 heterocycles. The summed E-state index contributed by atoms with van der Waals surface area (Å²) in [6, 6.07) is 0. The topological polar surface area (TPSA) is 55.4 Å². The molecule has 0 bridgehead atoms. The lowest BCUT2D eigenvalue weighted by atomic mass is 10.1. The van der Waals surface area contributed by atoms with Crippen LogP contribution in [0.1, 0.15) is 48.4 Å². The molecule has 0 unspecified atom stereocenters. The van der Waals surface area contributed by atoms with E-state index in [1.54, 1.807) is 4.88 Å². The van der Waals surface area contributed by atoms with Gasteiger partial charge in [0.05, 0.1) is 10.6 Å². The van der Waals surface area contributed by atoms with E-state index in [9.17, 15) is 0 Å². The van der Waals surface area contributed by atoms with Crippen LogP contribution >= 0.6 is 11.3 Å². The van der Waals surface area contributed by atoms with Gasteiger partial charge in [0, 0.05) is 17.5 Å². The Balaban J connectivity index is 0.000000550. The average molecular weight is 278 g/mol. The number of aryl methyl sites for hydroxylation is 1. The van der Waals surface area contributed by atoms with Crippen molar-refractivity contribution in [3.8, 4) is 0 Å². The summed E-state index contributed by atoms with van der Waals surface area (Å²) in [4.78, 5) is 16.1. The van der Waals surface area contributed by atoms with Crippen molar-refractivity contribution in [3.63, 3.8) is 0 Å². The minimum Gasteiger partial charge on any atom is -0.372 e. The van der Waals surface area contributed by atoms with Gasteiger partial charge in [0.25, 0.3) is 0 Å². The van der Waals surface area contributed by atoms with Crippen molar-refractivity contribution in [2.24, 2.45) is 10.7 Å². The summed E-state index contributed by atoms with van der Waals surface area (Å²) >= 11 is 1.94. The lowest BCUT2D eigenvalue weighted by molar-refractivity contribution is -0.106. The number of hydrogen-bond donors (Lipinski definition) is 1. The predicted molar refractivity (Wildman–Crippen MR) is 84.4 cm³/mol. The summed E-state index contributed by atoms with van der Waals surface area (Å²) in [7, 11) is 0. The van der Waals surface area contributed by atoms with Crippen LogP contribution in [-0.4, -0.2) is 12.6 Å². The highest BCUT2D eigenvalue weighted by Gasteiger charge is 2.15. The Morgan fingerprint density at radius 2 is 2.05 bits per heavy atom. The fraction of sp³-hybridized carbons (Fsp3) is 0.467. The van der Waals surface area contributed by atoms with Crippen LogP contribution in [0.4, 0.5) is 5.69 Å². The van der Waals surface area contributed by atoms with Gasteiger partial charge in [-0.25, -0.2) is 0 Å². The summed E-state index contributed by atoms with van der Waals surface area (Å²) in [5, 5.41) is 0. The maximum atomic E-state index is 8.58. The first-order valence-corrected chi connectivity index (χ1v) is 7.59. The number of allylic oxidation sites excluding steroid dienone is 1. The lowest BCUT2D eigenvalue weighted by Gasteiger charge is -2.02. The van der Waals surface area contributed by atoms with Gasteiger partial charge < -0.3 is 5.73 Å². The normalized spacial score (nSPS) is 12.3. The van der Waals surface area contributed by atoms with Gasteiger partial charge in [-0.05, 0) is 24.5 Å². The molecule has 3 nitrogen and oxygen atoms in total. The number of carbonyl (C=O) groups is 1. The van der Waals surface area contributed by atoms with Crippen molar-refractivity contribution >= 4 is 35.7 Å². The molecule has 0 fully saturated rings. The van der Waals surface area contributed by atoms with E-state index in [4.69, 9.17) is 4.79 Å². The molecule has 19 heavy (non-hydrogen) atoms. The molecule has 4 heteroatoms. The summed E-state index contributed by atoms with van der Waals surface area (Å²) in [6.45, 7) is 4.50. The molecule has 1 aromatic rings. The van der Waals surface area contributed by atoms with Crippen molar-refractivity contribution in [2.45, 2.75) is 46.0 Å². The van der Waals surface area contributed by atoms with Crippen molar-refractivity contribution in [3.05, 3.63) is 21.4 Å². The maximum Gasteiger partial charge on any atom is 0.204 e. The SMILES string of the molecule is CCCc1sc2c(c1CCC)N=CCC=C2.NC=O. The van der Waals surface area contributed by atoms with Gasteiger partial charge in [-0.3, -0.25) is 9.79 Å². The number of thiophene rings is 1. The fourth-order valence-corrected chi connectivity index (χ4v) is 3.43. The van der Waals surface area contributed by atoms with E-state index < -0.39 is 0 Å². The van der Waals surface area contributed by atoms with E-state index in [0.717, 1.165) is 6.42 Å². The molecular weight excluding hydrogens is 256 g/mol. The highest BCUT2D eigenvalue weighted by molar-refractivity contribution is 7.13. The van der Waals surface area contributed by atoms with Gasteiger partial charge in [0.15, 0.2) is 0 Å². The average Bonchev–Trinajstić information content (AvgIpc) is 2.58. The van der Waals surface area contributed by atoms with E-state index in [2.05, 4.69) is 36.7 Å². The van der Waals surface area contributed by atoms with E-state index in [-0.39, 0.29) is 6.41 Å². The third-order valence-electron chi connectivity index (χ3n) is 2.80. The Kier molecular flexibility index (Phi) is 7.11. The van der Waals surface area contributed by atoms with Crippen molar-refractivity contribution in [1.82, 2.24) is 0 Å². The molecule has 1 aromatic heterocycles. The van der Waals surface area contributed by atoms with Crippen LogP contribution in [0.2, 0.25) is 0 Å². The molecule has 0 saturated carbocycles. The third kappa shape index (κ3) is 4.31. The quantitative estimate of drug-likeness (QED) is 0.835. The molecule has 1 aliphatic rings. The molecule has 0 saturated heterocycles. The first kappa shape index (κ1) is 15.6. The number of nitrogens with two attached hydrogens (primary N) is 1. The van der Waals surface area contributed by atoms with Crippen LogP contribution in [0.25, 0.3) is 6.08 Å². The monoisotopic (exact) mass is 278 g/mol. The van der Waals surface area contributed by atoms with Crippen LogP contribution in [0, 0.1) is 0 Å². The summed E-state index contributed by atoms with van der Waals surface area (Å²) in [5.74, 6) is 0. The lowest BCUT2D eigenvalue weighted by Crippen LogP contribution is -1.88. The summed E-state index contributed by atoms with van der Waals surface area (Å²) in [5.41, 5.74) is 6.93. The largest absolute Gasteiger partial charge is 0.372 e. The van der Waals surface area contributed by atoms with E-state index in [1.165, 1.54) is 41.8 Å². The highest BCUT2D eigenvalue weighted by Crippen LogP contribution is 2.39. The van der Waals surface area contributed by atoms with Gasteiger partial charge in [0.1, 0.15) is 0 Å². The first-order chi connectivity index (χ1) is 9.28. The van der Waals surface area contributed by atoms with Gasteiger partial charge in [-0.1, -0.05) is 32.8 Å². The standard InChI is InChI=1S/C14H19NS.CH3NO/c1-3-7-11-12(8-4-2)16-13-9-5-6-10-15-14(11)13;2-1-3/h5,9-10H,3-4,6-8H2,1-2H3;1H,(H2,2,3). The highest BCUT2D eigenvalue weighted by atomic mass is 32.1. The van der Waals surface area contributed by atoms with Gasteiger partial charge >= 0.3 is 0 Å². The summed E-state index contributed by atoms with van der Waals surface area (Å²) in [6.07, 6.45) is 12.5. The zero-order valence-corrected chi connectivity index (χ0v) is 12.5. The van der Waals surface area contributed by atoms with Gasteiger partial charge in [-0.2, -0.15) is 0 Å². The second-order valence-electron chi connectivity index (χ2n) is 4.30. The molecule has 0 radical (unpaired) electrons. The van der Waals surface area contributed by atoms with Gasteiger partial charge in [0.2, 0.25) is 6.41 Å². The Hall–Kier alpha value is -1.42. The van der Waals surface area contributed by atoms with Crippen LogP contribution in [0.3, 0.4) is 0 Å². The van der Waals surface area contributed by atoms with E-state index in [1.807, 2.05) is 17.6 Å². The third-order valence-corrected chi connectivity index (χ3v) is 4.04. The minimum absolute atomic E-state index is 0.250. The zero-order valence-electron chi connectivity index (χ0n) is 11.7. The molecule has 1 amide bonds. The Morgan fingerprint density at radius 1 is 1.37 bits per heavy atom. The first-order valence-electron chi connectivity index (χ1n) is 6.77. The van der Waals surface area contributed by atoms with Crippen molar-refractivity contribution < 1.29 is 4.79 Å². The van der Waals surface area contributed by atoms with Gasteiger partial charge in [-0.15, -0.1) is 11.3 Å². The number of rotatable bonds is 4. The maximum absolute atomic E-state index is 8.58. The predicted octanol–water partition coefficient (Wildman–Crippen LogP) is 3.87. The number of aliphatic imine (C=N–C) groups is 1. The van der Waals surface area contributed by atoms with Crippen LogP contribution in [-0.2, 0) is 17.6 Å². The molecule has 2 rings (SSSR count). The second-order valence-corrected chi connectivity index (χ2v) is 5.44. The van der Waals surface area contributed by atoms with Crippen LogP contribution in [0.15, 0.2) is 11.1 Å². The second kappa shape index (κ2) is 8.64. The Bertz CT molecular complexity index is 461. The van der Waals surface area contributed by atoms with Crippen molar-refractivity contribution in [1.29, 1.82) is 0 Å². The molecule has 1 aliphatic heterocycles. The van der Waals surface area contributed by atoms with Crippen LogP contribution in [0.5, 0.6) is 0 Å². The number of nitrogens with zero attached hydrogens (tertiary/aromatic N) is 1. The van der Waals surface area contributed by atoms with E-state index >= 15 is 0 Å². The zero-order chi connectivity index (χ0) is 14.1. The Morgan fingerprint density at radius 3 is 2.68 bits per heavy atom. The molecule has 104 valence electrons. The smallest absolute Gasteiger partial charge is 0.204 e. The molecule has 0 aromatic carbocycles. The van der Waals surface area contributed by atoms with Crippen LogP contribution < -0.4 is 5.73 Å². The minimum atomic E-state index is 0.250. The number of amides is 1. The fourth-order valence-electron chi connectivity index (χ4n) is 2.09. The molecular formula is C15H22N2OS. The summed E-state index contributed by atoms with van der Waals surface area (Å²) < 4.78 is 0. The number of fused-ring (bicyclic) bond motifs is 1. The Labute approximate surface area is 119 Å².